The summed E-state index contributed by atoms with van der Waals surface area (Å²) in [6, 6.07) is 5.88. The number of hydrogen-bond acceptors (Lipinski definition) is 5. The quantitative estimate of drug-likeness (QED) is 0.622. The molecule has 25 heavy (non-hydrogen) atoms. The zero-order valence-corrected chi connectivity index (χ0v) is 15.8. The Morgan fingerprint density at radius 2 is 1.88 bits per heavy atom. The van der Waals surface area contributed by atoms with Crippen molar-refractivity contribution in [3.63, 3.8) is 0 Å². The third kappa shape index (κ3) is 3.48. The number of methoxy groups -OCH3 is 1. The van der Waals surface area contributed by atoms with E-state index in [1.165, 1.54) is 7.11 Å². The van der Waals surface area contributed by atoms with E-state index in [1.807, 2.05) is 45.9 Å². The monoisotopic (exact) mass is 346 g/mol. The molecule has 2 saturated heterocycles. The van der Waals surface area contributed by atoms with Crippen LogP contribution >= 0.6 is 0 Å². The molecule has 5 nitrogen and oxygen atoms in total. The fourth-order valence-electron chi connectivity index (χ4n) is 3.29. The highest BCUT2D eigenvalue weighted by atomic mass is 16.7. The van der Waals surface area contributed by atoms with Crippen LogP contribution in [0.25, 0.3) is 0 Å². The third-order valence-corrected chi connectivity index (χ3v) is 5.62. The highest BCUT2D eigenvalue weighted by Gasteiger charge is 2.52. The molecular formula is C19H27BO5. The van der Waals surface area contributed by atoms with Crippen LogP contribution in [-0.4, -0.2) is 44.6 Å². The first-order chi connectivity index (χ1) is 11.7. The molecule has 0 spiro atoms. The lowest BCUT2D eigenvalue weighted by atomic mass is 9.74. The molecule has 2 heterocycles. The molecule has 0 saturated carbocycles. The number of carbonyl (C=O) groups excluding carboxylic acids is 1. The van der Waals surface area contributed by atoms with Gasteiger partial charge in [0.2, 0.25) is 0 Å². The van der Waals surface area contributed by atoms with Crippen molar-refractivity contribution < 1.29 is 23.6 Å². The zero-order chi connectivity index (χ0) is 18.2. The fourth-order valence-corrected chi connectivity index (χ4v) is 3.29. The molecule has 0 aromatic heterocycles. The molecule has 2 aliphatic heterocycles. The Morgan fingerprint density at radius 1 is 1.20 bits per heavy atom. The number of rotatable bonds is 3. The van der Waals surface area contributed by atoms with Gasteiger partial charge in [0, 0.05) is 12.5 Å². The lowest BCUT2D eigenvalue weighted by Gasteiger charge is -2.32. The van der Waals surface area contributed by atoms with Crippen LogP contribution in [0.5, 0.6) is 0 Å². The van der Waals surface area contributed by atoms with Crippen molar-refractivity contribution >= 4 is 18.6 Å². The first-order valence-electron chi connectivity index (χ1n) is 8.91. The average Bonchev–Trinajstić information content (AvgIpc) is 2.82. The van der Waals surface area contributed by atoms with Crippen LogP contribution in [0.3, 0.4) is 0 Å². The molecule has 1 aromatic rings. The number of benzene rings is 1. The van der Waals surface area contributed by atoms with Crippen LogP contribution in [0.4, 0.5) is 0 Å². The molecule has 0 N–H and O–H groups in total. The lowest BCUT2D eigenvalue weighted by Crippen LogP contribution is -2.41. The molecule has 0 aliphatic carbocycles. The summed E-state index contributed by atoms with van der Waals surface area (Å²) in [6.45, 7) is 9.50. The molecule has 2 fully saturated rings. The first-order valence-corrected chi connectivity index (χ1v) is 8.91. The van der Waals surface area contributed by atoms with Gasteiger partial charge in [0.15, 0.2) is 0 Å². The van der Waals surface area contributed by atoms with E-state index < -0.39 is 18.3 Å². The molecule has 0 radical (unpaired) electrons. The van der Waals surface area contributed by atoms with Crippen molar-refractivity contribution in [2.45, 2.75) is 57.7 Å². The normalized spacial score (nSPS) is 25.0. The van der Waals surface area contributed by atoms with Gasteiger partial charge < -0.3 is 18.8 Å². The zero-order valence-electron chi connectivity index (χ0n) is 15.8. The summed E-state index contributed by atoms with van der Waals surface area (Å²) in [5, 5.41) is 0. The van der Waals surface area contributed by atoms with Gasteiger partial charge in [-0.25, -0.2) is 4.79 Å². The predicted molar refractivity (Wildman–Crippen MR) is 96.3 cm³/mol. The Bertz CT molecular complexity index is 633. The molecule has 0 bridgehead atoms. The SMILES string of the molecule is COC(=O)c1cc(C2CCCOC2)ccc1B1OC(C)(C)C(C)(C)O1. The summed E-state index contributed by atoms with van der Waals surface area (Å²) in [5.74, 6) is -0.0622. The molecule has 1 aromatic carbocycles. The molecule has 0 amide bonds. The molecular weight excluding hydrogens is 319 g/mol. The van der Waals surface area contributed by atoms with Gasteiger partial charge in [0.05, 0.1) is 30.5 Å². The van der Waals surface area contributed by atoms with Crippen LogP contribution in [0.2, 0.25) is 0 Å². The Kier molecular flexibility index (Phi) is 4.97. The van der Waals surface area contributed by atoms with E-state index in [0.29, 0.717) is 23.6 Å². The second kappa shape index (κ2) is 6.74. The van der Waals surface area contributed by atoms with Crippen molar-refractivity contribution in [3.8, 4) is 0 Å². The van der Waals surface area contributed by atoms with E-state index in [2.05, 4.69) is 0 Å². The molecule has 2 aliphatic rings. The van der Waals surface area contributed by atoms with Crippen LogP contribution in [-0.2, 0) is 18.8 Å². The summed E-state index contributed by atoms with van der Waals surface area (Å²) in [7, 11) is 0.808. The maximum absolute atomic E-state index is 12.4. The van der Waals surface area contributed by atoms with Crippen LogP contribution < -0.4 is 5.46 Å². The number of hydrogen-bond donors (Lipinski definition) is 0. The Hall–Kier alpha value is -1.37. The number of ether oxygens (including phenoxy) is 2. The largest absolute Gasteiger partial charge is 0.495 e. The van der Waals surface area contributed by atoms with Crippen LogP contribution in [0.1, 0.15) is 62.4 Å². The molecule has 3 rings (SSSR count). The van der Waals surface area contributed by atoms with Gasteiger partial charge in [-0.2, -0.15) is 0 Å². The maximum Gasteiger partial charge on any atom is 0.495 e. The molecule has 6 heteroatoms. The highest BCUT2D eigenvalue weighted by Crippen LogP contribution is 2.37. The summed E-state index contributed by atoms with van der Waals surface area (Å²) >= 11 is 0. The van der Waals surface area contributed by atoms with Gasteiger partial charge >= 0.3 is 13.1 Å². The van der Waals surface area contributed by atoms with Crippen LogP contribution in [0, 0.1) is 0 Å². The second-order valence-corrected chi connectivity index (χ2v) is 7.84. The summed E-state index contributed by atoms with van der Waals surface area (Å²) in [4.78, 5) is 12.4. The summed E-state index contributed by atoms with van der Waals surface area (Å²) in [6.07, 6.45) is 2.10. The van der Waals surface area contributed by atoms with E-state index >= 15 is 0 Å². The lowest BCUT2D eigenvalue weighted by molar-refractivity contribution is 0.00578. The van der Waals surface area contributed by atoms with Gasteiger partial charge in [0.25, 0.3) is 0 Å². The van der Waals surface area contributed by atoms with Crippen molar-refractivity contribution in [3.05, 3.63) is 29.3 Å². The van der Waals surface area contributed by atoms with Crippen molar-refractivity contribution in [2.24, 2.45) is 0 Å². The standard InChI is InChI=1S/C19H27BO5/c1-18(2)19(3,4)25-20(24-18)16-9-8-13(11-15(16)17(21)22-5)14-7-6-10-23-12-14/h8-9,11,14H,6-7,10,12H2,1-5H3. The number of esters is 1. The summed E-state index contributed by atoms with van der Waals surface area (Å²) in [5.41, 5.74) is 1.40. The fraction of sp³-hybridized carbons (Fsp3) is 0.632. The summed E-state index contributed by atoms with van der Waals surface area (Å²) < 4.78 is 22.8. The second-order valence-electron chi connectivity index (χ2n) is 7.84. The van der Waals surface area contributed by atoms with Crippen molar-refractivity contribution in [1.29, 1.82) is 0 Å². The minimum absolute atomic E-state index is 0.310. The maximum atomic E-state index is 12.4. The van der Waals surface area contributed by atoms with E-state index in [4.69, 9.17) is 18.8 Å². The molecule has 1 unspecified atom stereocenters. The van der Waals surface area contributed by atoms with Gasteiger partial charge in [-0.3, -0.25) is 0 Å². The predicted octanol–water partition coefficient (Wildman–Crippen LogP) is 2.67. The Morgan fingerprint density at radius 3 is 2.44 bits per heavy atom. The third-order valence-electron chi connectivity index (χ3n) is 5.62. The van der Waals surface area contributed by atoms with Gasteiger partial charge in [-0.15, -0.1) is 0 Å². The molecule has 1 atom stereocenters. The van der Waals surface area contributed by atoms with Gasteiger partial charge in [-0.05, 0) is 57.6 Å². The molecule has 136 valence electrons. The average molecular weight is 346 g/mol. The minimum atomic E-state index is -0.587. The topological polar surface area (TPSA) is 54.0 Å². The van der Waals surface area contributed by atoms with Crippen molar-refractivity contribution in [1.82, 2.24) is 0 Å². The van der Waals surface area contributed by atoms with E-state index in [9.17, 15) is 4.79 Å². The van der Waals surface area contributed by atoms with E-state index in [0.717, 1.165) is 25.0 Å². The van der Waals surface area contributed by atoms with E-state index in [-0.39, 0.29) is 5.97 Å². The number of carbonyl (C=O) groups is 1. The highest BCUT2D eigenvalue weighted by molar-refractivity contribution is 6.63. The van der Waals surface area contributed by atoms with Gasteiger partial charge in [0.1, 0.15) is 0 Å². The minimum Gasteiger partial charge on any atom is -0.465 e. The van der Waals surface area contributed by atoms with Crippen molar-refractivity contribution in [2.75, 3.05) is 20.3 Å². The first kappa shape index (κ1) is 18.4. The Labute approximate surface area is 150 Å². The van der Waals surface area contributed by atoms with Crippen LogP contribution in [0.15, 0.2) is 18.2 Å². The Balaban J connectivity index is 1.95. The smallest absolute Gasteiger partial charge is 0.465 e. The van der Waals surface area contributed by atoms with Gasteiger partial charge in [-0.1, -0.05) is 12.1 Å². The van der Waals surface area contributed by atoms with E-state index in [1.54, 1.807) is 0 Å².